The van der Waals surface area contributed by atoms with Gasteiger partial charge in [-0.25, -0.2) is 0 Å². The largest absolute Gasteiger partial charge is 0.299 e. The quantitative estimate of drug-likeness (QED) is 0.826. The molecule has 0 bridgehead atoms. The van der Waals surface area contributed by atoms with Crippen LogP contribution >= 0.6 is 15.9 Å². The predicted molar refractivity (Wildman–Crippen MR) is 79.5 cm³/mol. The monoisotopic (exact) mass is 310 g/mol. The van der Waals surface area contributed by atoms with Crippen molar-refractivity contribution in [1.29, 1.82) is 0 Å². The van der Waals surface area contributed by atoms with Gasteiger partial charge in [-0.1, -0.05) is 19.8 Å². The van der Waals surface area contributed by atoms with Crippen molar-refractivity contribution in [2.24, 2.45) is 5.92 Å². The van der Waals surface area contributed by atoms with Gasteiger partial charge in [0.15, 0.2) is 0 Å². The molecular weight excluding hydrogens is 288 g/mol. The Hall–Kier alpha value is -0.410. The van der Waals surface area contributed by atoms with E-state index >= 15 is 0 Å². The van der Waals surface area contributed by atoms with Crippen LogP contribution in [0.1, 0.15) is 44.6 Å². The van der Waals surface area contributed by atoms with Crippen molar-refractivity contribution < 1.29 is 0 Å². The summed E-state index contributed by atoms with van der Waals surface area (Å²) in [5.41, 5.74) is 1.32. The Labute approximate surface area is 119 Å². The molecule has 1 atom stereocenters. The van der Waals surface area contributed by atoms with Crippen molar-refractivity contribution in [2.45, 2.75) is 45.6 Å². The number of halogens is 1. The summed E-state index contributed by atoms with van der Waals surface area (Å²) in [5.74, 6) is 0.959. The van der Waals surface area contributed by atoms with Crippen LogP contribution in [0.2, 0.25) is 0 Å². The zero-order valence-electron chi connectivity index (χ0n) is 11.2. The first kappa shape index (κ1) is 14.0. The second kappa shape index (κ2) is 7.25. The molecule has 1 aromatic heterocycles. The third kappa shape index (κ3) is 4.36. The number of hydrogen-bond donors (Lipinski definition) is 0. The van der Waals surface area contributed by atoms with Gasteiger partial charge in [0.25, 0.3) is 0 Å². The van der Waals surface area contributed by atoms with Crippen LogP contribution < -0.4 is 0 Å². The highest BCUT2D eigenvalue weighted by Gasteiger charge is 2.16. The van der Waals surface area contributed by atoms with Gasteiger partial charge in [-0.3, -0.25) is 9.88 Å². The molecule has 0 saturated carbocycles. The number of hydrogen-bond acceptors (Lipinski definition) is 2. The van der Waals surface area contributed by atoms with E-state index in [0.717, 1.165) is 16.9 Å². The molecule has 0 radical (unpaired) electrons. The highest BCUT2D eigenvalue weighted by molar-refractivity contribution is 9.10. The van der Waals surface area contributed by atoms with Gasteiger partial charge in [0.1, 0.15) is 0 Å². The lowest BCUT2D eigenvalue weighted by Crippen LogP contribution is -2.24. The minimum atomic E-state index is 0.959. The third-order valence-corrected chi connectivity index (χ3v) is 4.24. The molecule has 0 amide bonds. The average molecular weight is 311 g/mol. The molecule has 0 aliphatic carbocycles. The van der Waals surface area contributed by atoms with Crippen molar-refractivity contribution >= 4 is 15.9 Å². The minimum Gasteiger partial charge on any atom is -0.299 e. The molecule has 1 fully saturated rings. The van der Waals surface area contributed by atoms with Gasteiger partial charge >= 0.3 is 0 Å². The minimum absolute atomic E-state index is 0.959. The van der Waals surface area contributed by atoms with Crippen molar-refractivity contribution in [3.05, 3.63) is 28.5 Å². The summed E-state index contributed by atoms with van der Waals surface area (Å²) in [6.45, 7) is 5.84. The van der Waals surface area contributed by atoms with Gasteiger partial charge < -0.3 is 0 Å². The molecule has 1 aliphatic rings. The van der Waals surface area contributed by atoms with Crippen LogP contribution in [0.25, 0.3) is 0 Å². The van der Waals surface area contributed by atoms with Crippen molar-refractivity contribution in [3.63, 3.8) is 0 Å². The molecule has 2 heterocycles. The zero-order valence-corrected chi connectivity index (χ0v) is 12.8. The molecule has 1 aromatic rings. The Morgan fingerprint density at radius 1 is 1.33 bits per heavy atom. The van der Waals surface area contributed by atoms with Crippen LogP contribution in [-0.4, -0.2) is 23.0 Å². The first-order valence-electron chi connectivity index (χ1n) is 7.09. The molecule has 1 saturated heterocycles. The summed E-state index contributed by atoms with van der Waals surface area (Å²) in [6.07, 6.45) is 10.7. The fourth-order valence-corrected chi connectivity index (χ4v) is 3.29. The van der Waals surface area contributed by atoms with E-state index in [1.807, 2.05) is 12.4 Å². The first-order valence-corrected chi connectivity index (χ1v) is 7.89. The van der Waals surface area contributed by atoms with Crippen LogP contribution in [0.15, 0.2) is 22.9 Å². The van der Waals surface area contributed by atoms with Gasteiger partial charge in [0.2, 0.25) is 0 Å². The molecule has 0 N–H and O–H groups in total. The molecule has 18 heavy (non-hydrogen) atoms. The maximum atomic E-state index is 4.24. The molecule has 100 valence electrons. The van der Waals surface area contributed by atoms with Crippen molar-refractivity contribution in [2.75, 3.05) is 13.1 Å². The van der Waals surface area contributed by atoms with Crippen LogP contribution in [-0.2, 0) is 6.54 Å². The van der Waals surface area contributed by atoms with E-state index in [9.17, 15) is 0 Å². The summed E-state index contributed by atoms with van der Waals surface area (Å²) < 4.78 is 1.08. The summed E-state index contributed by atoms with van der Waals surface area (Å²) in [7, 11) is 0. The van der Waals surface area contributed by atoms with Gasteiger partial charge in [0.05, 0.1) is 0 Å². The normalized spacial score (nSPS) is 21.8. The lowest BCUT2D eigenvalue weighted by atomic mass is 9.96. The maximum absolute atomic E-state index is 4.24. The van der Waals surface area contributed by atoms with Gasteiger partial charge in [-0.05, 0) is 65.8 Å². The smallest absolute Gasteiger partial charge is 0.0410 e. The second-order valence-corrected chi connectivity index (χ2v) is 6.29. The van der Waals surface area contributed by atoms with E-state index < -0.39 is 0 Å². The lowest BCUT2D eigenvalue weighted by molar-refractivity contribution is 0.271. The van der Waals surface area contributed by atoms with Gasteiger partial charge in [0, 0.05) is 23.4 Å². The fourth-order valence-electron chi connectivity index (χ4n) is 2.88. The summed E-state index contributed by atoms with van der Waals surface area (Å²) >= 11 is 3.49. The molecule has 1 aliphatic heterocycles. The van der Waals surface area contributed by atoms with E-state index in [-0.39, 0.29) is 0 Å². The van der Waals surface area contributed by atoms with Crippen LogP contribution in [0.3, 0.4) is 0 Å². The molecule has 0 aromatic carbocycles. The average Bonchev–Trinajstić information content (AvgIpc) is 2.56. The summed E-state index contributed by atoms with van der Waals surface area (Å²) in [4.78, 5) is 6.83. The summed E-state index contributed by atoms with van der Waals surface area (Å²) in [6, 6.07) is 2.18. The molecule has 2 nitrogen and oxygen atoms in total. The molecule has 2 rings (SSSR count). The maximum Gasteiger partial charge on any atom is 0.0410 e. The van der Waals surface area contributed by atoms with E-state index in [1.165, 1.54) is 50.8 Å². The van der Waals surface area contributed by atoms with E-state index in [4.69, 9.17) is 0 Å². The van der Waals surface area contributed by atoms with Crippen molar-refractivity contribution in [1.82, 2.24) is 9.88 Å². The standard InChI is InChI=1S/C15H23BrN2/c1-2-4-13-5-3-7-18(8-6-13)12-14-9-15(16)11-17-10-14/h9-11,13H,2-8,12H2,1H3. The SMILES string of the molecule is CCCC1CCCN(Cc2cncc(Br)c2)CC1. The highest BCUT2D eigenvalue weighted by atomic mass is 79.9. The first-order chi connectivity index (χ1) is 8.78. The second-order valence-electron chi connectivity index (χ2n) is 5.37. The molecule has 3 heteroatoms. The predicted octanol–water partition coefficient (Wildman–Crippen LogP) is 4.25. The van der Waals surface area contributed by atoms with E-state index in [2.05, 4.69) is 38.8 Å². The zero-order chi connectivity index (χ0) is 12.8. The van der Waals surface area contributed by atoms with Crippen LogP contribution in [0.5, 0.6) is 0 Å². The summed E-state index contributed by atoms with van der Waals surface area (Å²) in [5, 5.41) is 0. The topological polar surface area (TPSA) is 16.1 Å². The number of pyridine rings is 1. The Morgan fingerprint density at radius 3 is 3.00 bits per heavy atom. The van der Waals surface area contributed by atoms with Gasteiger partial charge in [-0.2, -0.15) is 0 Å². The third-order valence-electron chi connectivity index (χ3n) is 3.80. The fraction of sp³-hybridized carbons (Fsp3) is 0.667. The number of nitrogens with zero attached hydrogens (tertiary/aromatic N) is 2. The highest BCUT2D eigenvalue weighted by Crippen LogP contribution is 2.23. The molecule has 0 spiro atoms. The van der Waals surface area contributed by atoms with Crippen LogP contribution in [0.4, 0.5) is 0 Å². The number of rotatable bonds is 4. The van der Waals surface area contributed by atoms with Crippen molar-refractivity contribution in [3.8, 4) is 0 Å². The van der Waals surface area contributed by atoms with Crippen LogP contribution in [0, 0.1) is 5.92 Å². The Balaban J connectivity index is 1.87. The Morgan fingerprint density at radius 2 is 2.22 bits per heavy atom. The lowest BCUT2D eigenvalue weighted by Gasteiger charge is -2.20. The Bertz CT molecular complexity index is 367. The van der Waals surface area contributed by atoms with Gasteiger partial charge in [-0.15, -0.1) is 0 Å². The molecular formula is C15H23BrN2. The Kier molecular flexibility index (Phi) is 5.64. The number of likely N-dealkylation sites (tertiary alicyclic amines) is 1. The van der Waals surface area contributed by atoms with E-state index in [0.29, 0.717) is 0 Å². The van der Waals surface area contributed by atoms with E-state index in [1.54, 1.807) is 0 Å². The molecule has 1 unspecified atom stereocenters. The number of aromatic nitrogens is 1.